The summed E-state index contributed by atoms with van der Waals surface area (Å²) in [4.78, 5) is 68.1. The van der Waals surface area contributed by atoms with Gasteiger partial charge in [-0.25, -0.2) is 14.6 Å². The standard InChI is InChI=1S/C45H48N10O5/c46-41-39-40(30-6-9-34(10-7-30)60-33-4-2-1-3-5-33)50-55(42(39)48-27-47-41)31-16-18-51(19-17-31)24-29-25-52(26-29)23-28-14-20-53(21-15-28)32-8-11-35-36(22-32)45(59)54(44(35)58)37-12-13-38(56)49-43(37)57/h1-11,22,27-29,31,37H,12-21,23-26H2,(H2,46,47,48)(H,49,56,57). The third-order valence-corrected chi connectivity index (χ3v) is 13.0. The van der Waals surface area contributed by atoms with Gasteiger partial charge >= 0.3 is 0 Å². The molecule has 10 rings (SSSR count). The van der Waals surface area contributed by atoms with E-state index in [1.807, 2.05) is 60.7 Å². The van der Waals surface area contributed by atoms with Crippen molar-refractivity contribution in [1.82, 2.24) is 39.8 Å². The first-order valence-electron chi connectivity index (χ1n) is 21.1. The average molecular weight is 809 g/mol. The molecule has 2 aromatic heterocycles. The van der Waals surface area contributed by atoms with Crippen LogP contribution in [0.15, 0.2) is 79.1 Å². The van der Waals surface area contributed by atoms with Gasteiger partial charge in [-0.1, -0.05) is 18.2 Å². The van der Waals surface area contributed by atoms with E-state index in [-0.39, 0.29) is 24.8 Å². The van der Waals surface area contributed by atoms with E-state index >= 15 is 0 Å². The van der Waals surface area contributed by atoms with E-state index in [0.717, 1.165) is 122 Å². The Hall–Kier alpha value is -6.19. The molecule has 308 valence electrons. The summed E-state index contributed by atoms with van der Waals surface area (Å²) in [6, 6.07) is 22.3. The molecule has 1 atom stereocenters. The Morgan fingerprint density at radius 2 is 1.45 bits per heavy atom. The Kier molecular flexibility index (Phi) is 10.00. The number of carbonyl (C=O) groups is 4. The molecule has 5 aliphatic rings. The monoisotopic (exact) mass is 808 g/mol. The van der Waals surface area contributed by atoms with Crippen LogP contribution in [0.5, 0.6) is 11.5 Å². The molecule has 7 heterocycles. The van der Waals surface area contributed by atoms with E-state index in [1.54, 1.807) is 12.1 Å². The van der Waals surface area contributed by atoms with Crippen molar-refractivity contribution in [3.05, 3.63) is 90.3 Å². The van der Waals surface area contributed by atoms with Crippen LogP contribution >= 0.6 is 0 Å². The van der Waals surface area contributed by atoms with Crippen LogP contribution in [0.2, 0.25) is 0 Å². The second kappa shape index (κ2) is 15.8. The third-order valence-electron chi connectivity index (χ3n) is 13.0. The van der Waals surface area contributed by atoms with Gasteiger partial charge in [0.15, 0.2) is 5.65 Å². The van der Waals surface area contributed by atoms with Gasteiger partial charge in [-0.15, -0.1) is 0 Å². The maximum atomic E-state index is 13.4. The maximum absolute atomic E-state index is 13.4. The zero-order valence-electron chi connectivity index (χ0n) is 33.4. The average Bonchev–Trinajstić information content (AvgIpc) is 3.76. The second-order valence-corrected chi connectivity index (χ2v) is 16.9. The van der Waals surface area contributed by atoms with Crippen LogP contribution in [0.4, 0.5) is 11.5 Å². The molecule has 0 spiro atoms. The summed E-state index contributed by atoms with van der Waals surface area (Å²) in [5.74, 6) is 1.34. The Balaban J connectivity index is 0.689. The van der Waals surface area contributed by atoms with Crippen molar-refractivity contribution in [1.29, 1.82) is 0 Å². The molecule has 5 aliphatic heterocycles. The van der Waals surface area contributed by atoms with Crippen LogP contribution in [0.3, 0.4) is 0 Å². The molecule has 4 fully saturated rings. The van der Waals surface area contributed by atoms with E-state index in [0.29, 0.717) is 28.8 Å². The van der Waals surface area contributed by atoms with Gasteiger partial charge in [0.25, 0.3) is 11.8 Å². The summed E-state index contributed by atoms with van der Waals surface area (Å²) in [6.07, 6.45) is 5.89. The number of fused-ring (bicyclic) bond motifs is 2. The normalized spacial score (nSPS) is 21.1. The number of ether oxygens (including phenoxy) is 1. The van der Waals surface area contributed by atoms with Crippen LogP contribution in [0.1, 0.15) is 65.3 Å². The van der Waals surface area contributed by atoms with Crippen molar-refractivity contribution < 1.29 is 23.9 Å². The summed E-state index contributed by atoms with van der Waals surface area (Å²) in [6.45, 7) is 8.27. The van der Waals surface area contributed by atoms with Crippen LogP contribution in [-0.4, -0.2) is 116 Å². The van der Waals surface area contributed by atoms with Crippen LogP contribution in [0, 0.1) is 11.8 Å². The topological polar surface area (TPSA) is 172 Å². The Bertz CT molecular complexity index is 2450. The number of benzene rings is 3. The molecule has 0 aliphatic carbocycles. The van der Waals surface area contributed by atoms with Gasteiger partial charge in [0.1, 0.15) is 35.4 Å². The van der Waals surface area contributed by atoms with Crippen LogP contribution in [0.25, 0.3) is 22.3 Å². The Morgan fingerprint density at radius 3 is 2.20 bits per heavy atom. The lowest BCUT2D eigenvalue weighted by atomic mass is 9.91. The zero-order chi connectivity index (χ0) is 40.9. The summed E-state index contributed by atoms with van der Waals surface area (Å²) in [5.41, 5.74) is 10.5. The van der Waals surface area contributed by atoms with E-state index in [1.165, 1.54) is 6.33 Å². The fourth-order valence-electron chi connectivity index (χ4n) is 9.81. The number of rotatable bonds is 10. The first-order chi connectivity index (χ1) is 29.3. The summed E-state index contributed by atoms with van der Waals surface area (Å²) in [5, 5.41) is 8.16. The van der Waals surface area contributed by atoms with Crippen molar-refractivity contribution in [2.75, 3.05) is 63.0 Å². The number of nitrogens with two attached hydrogens (primary N) is 1. The molecule has 4 saturated heterocycles. The third kappa shape index (κ3) is 7.25. The number of carbonyl (C=O) groups excluding carboxylic acids is 4. The maximum Gasteiger partial charge on any atom is 0.262 e. The van der Waals surface area contributed by atoms with Crippen LogP contribution < -0.4 is 20.7 Å². The lowest BCUT2D eigenvalue weighted by molar-refractivity contribution is -0.136. The fourth-order valence-corrected chi connectivity index (χ4v) is 9.81. The number of imide groups is 2. The summed E-state index contributed by atoms with van der Waals surface area (Å²) >= 11 is 0. The van der Waals surface area contributed by atoms with Crippen molar-refractivity contribution in [2.45, 2.75) is 50.6 Å². The van der Waals surface area contributed by atoms with E-state index in [2.05, 4.69) is 34.7 Å². The molecule has 60 heavy (non-hydrogen) atoms. The smallest absolute Gasteiger partial charge is 0.262 e. The number of anilines is 2. The molecule has 0 saturated carbocycles. The molecular formula is C45H48N10O5. The van der Waals surface area contributed by atoms with Crippen molar-refractivity contribution in [3.63, 3.8) is 0 Å². The van der Waals surface area contributed by atoms with Gasteiger partial charge < -0.3 is 25.2 Å². The van der Waals surface area contributed by atoms with Gasteiger partial charge in [0.05, 0.1) is 22.6 Å². The number of nitrogen functional groups attached to an aromatic ring is 1. The lowest BCUT2D eigenvalue weighted by Crippen LogP contribution is -2.54. The van der Waals surface area contributed by atoms with Crippen molar-refractivity contribution >= 4 is 46.2 Å². The molecule has 5 aromatic rings. The molecule has 3 aromatic carbocycles. The number of hydrogen-bond acceptors (Lipinski definition) is 12. The molecule has 0 radical (unpaired) electrons. The first-order valence-corrected chi connectivity index (χ1v) is 21.1. The molecule has 15 nitrogen and oxygen atoms in total. The van der Waals surface area contributed by atoms with Gasteiger partial charge in [0.2, 0.25) is 11.8 Å². The molecule has 0 bridgehead atoms. The molecule has 4 amide bonds. The van der Waals surface area contributed by atoms with Gasteiger partial charge in [-0.05, 0) is 98.5 Å². The molecular weight excluding hydrogens is 761 g/mol. The molecule has 15 heteroatoms. The SMILES string of the molecule is Nc1ncnc2c1c(-c1ccc(Oc3ccccc3)cc1)nn2C1CCN(CC2CN(CC3CCN(c4ccc5c(c4)C(=O)N(C4CCC(=O)NC4=O)C5=O)CC3)C2)CC1. The largest absolute Gasteiger partial charge is 0.457 e. The van der Waals surface area contributed by atoms with Gasteiger partial charge in [-0.3, -0.25) is 29.4 Å². The zero-order valence-corrected chi connectivity index (χ0v) is 33.4. The minimum absolute atomic E-state index is 0.103. The highest BCUT2D eigenvalue weighted by atomic mass is 16.5. The minimum Gasteiger partial charge on any atom is -0.457 e. The van der Waals surface area contributed by atoms with Crippen LogP contribution in [-0.2, 0) is 9.59 Å². The minimum atomic E-state index is -0.958. The fraction of sp³-hybridized carbons (Fsp3) is 0.400. The number of para-hydroxylation sites is 1. The predicted octanol–water partition coefficient (Wildman–Crippen LogP) is 4.75. The van der Waals surface area contributed by atoms with E-state index in [4.69, 9.17) is 15.6 Å². The Labute approximate surface area is 347 Å². The number of nitrogens with one attached hydrogen (secondary N) is 1. The van der Waals surface area contributed by atoms with Gasteiger partial charge in [-0.2, -0.15) is 5.10 Å². The van der Waals surface area contributed by atoms with E-state index in [9.17, 15) is 19.2 Å². The number of piperidine rings is 3. The summed E-state index contributed by atoms with van der Waals surface area (Å²) < 4.78 is 8.09. The number of amides is 4. The first kappa shape index (κ1) is 38.0. The number of nitrogens with zero attached hydrogens (tertiary/aromatic N) is 8. The highest BCUT2D eigenvalue weighted by molar-refractivity contribution is 6.23. The number of aromatic nitrogens is 4. The summed E-state index contributed by atoms with van der Waals surface area (Å²) in [7, 11) is 0. The number of hydrogen-bond donors (Lipinski definition) is 2. The van der Waals surface area contributed by atoms with Gasteiger partial charge in [0, 0.05) is 70.0 Å². The predicted molar refractivity (Wildman–Crippen MR) is 224 cm³/mol. The van der Waals surface area contributed by atoms with Crippen molar-refractivity contribution in [2.24, 2.45) is 11.8 Å². The van der Waals surface area contributed by atoms with Crippen molar-refractivity contribution in [3.8, 4) is 22.8 Å². The van der Waals surface area contributed by atoms with E-state index < -0.39 is 23.8 Å². The second-order valence-electron chi connectivity index (χ2n) is 16.9. The highest BCUT2D eigenvalue weighted by Gasteiger charge is 2.45. The highest BCUT2D eigenvalue weighted by Crippen LogP contribution is 2.37. The Morgan fingerprint density at radius 1 is 0.733 bits per heavy atom. The molecule has 1 unspecified atom stereocenters. The lowest BCUT2D eigenvalue weighted by Gasteiger charge is -2.45. The quantitative estimate of drug-likeness (QED) is 0.186. The molecule has 3 N–H and O–H groups in total. The number of likely N-dealkylation sites (tertiary alicyclic amines) is 2.